The third-order valence-corrected chi connectivity index (χ3v) is 10.5. The first-order valence-electron chi connectivity index (χ1n) is 4.96. The molecule has 0 N–H and O–H groups in total. The molecule has 0 nitrogen and oxygen atoms in total. The molecule has 0 aromatic heterocycles. The van der Waals surface area contributed by atoms with Gasteiger partial charge in [-0.25, -0.2) is 0 Å². The lowest BCUT2D eigenvalue weighted by atomic mass is 10.6. The van der Waals surface area contributed by atoms with Gasteiger partial charge in [0.15, 0.2) is 0 Å². The van der Waals surface area contributed by atoms with Crippen LogP contribution in [0.5, 0.6) is 0 Å². The van der Waals surface area contributed by atoms with Crippen molar-refractivity contribution in [2.24, 2.45) is 0 Å². The highest BCUT2D eigenvalue weighted by Crippen LogP contribution is 2.25. The largest absolute Gasteiger partial charge is 0.194 e. The topological polar surface area (TPSA) is 0 Å². The summed E-state index contributed by atoms with van der Waals surface area (Å²) in [4.78, 5) is 0. The van der Waals surface area contributed by atoms with Gasteiger partial charge in [0.25, 0.3) is 0 Å². The van der Waals surface area contributed by atoms with Gasteiger partial charge in [-0.3, -0.25) is 0 Å². The van der Waals surface area contributed by atoms with Gasteiger partial charge in [0.05, 0.1) is 0 Å². The molecule has 0 rings (SSSR count). The molecule has 0 saturated carbocycles. The molecule has 0 aromatic rings. The maximum atomic E-state index is 2.40. The van der Waals surface area contributed by atoms with Crippen molar-refractivity contribution in [3.05, 3.63) is 0 Å². The molecule has 0 amide bonds. The minimum absolute atomic E-state index is 0.996. The van der Waals surface area contributed by atoms with E-state index in [2.05, 4.69) is 27.7 Å². The van der Waals surface area contributed by atoms with E-state index in [1.807, 2.05) is 0 Å². The zero-order chi connectivity index (χ0) is 8.04. The van der Waals surface area contributed by atoms with E-state index in [4.69, 9.17) is 0 Å². The van der Waals surface area contributed by atoms with Crippen LogP contribution in [0.3, 0.4) is 0 Å². The lowest BCUT2D eigenvalue weighted by molar-refractivity contribution is 0.991. The smallest absolute Gasteiger partial charge is 0.133 e. The summed E-state index contributed by atoms with van der Waals surface area (Å²) in [6.07, 6.45) is 1.42. The van der Waals surface area contributed by atoms with Crippen molar-refractivity contribution >= 4 is 13.1 Å². The standard InChI is InChI=1S/C3H7.3C2H5.Al/c1-3-2;3*1-2;/h1,3H2,2H3;3*1H2,2H3;/q;;;;-1. The molecule has 0 bridgehead atoms. The lowest BCUT2D eigenvalue weighted by Gasteiger charge is -2.31. The SMILES string of the molecule is CC[CH2][Al-]([CH2]C)([CH2]C)[CH2]C. The summed E-state index contributed by atoms with van der Waals surface area (Å²) >= 11 is -0.996. The molecular weight excluding hydrogens is 135 g/mol. The average Bonchev–Trinajstić information content (AvgIpc) is 2.01. The number of rotatable bonds is 5. The highest BCUT2D eigenvalue weighted by atomic mass is 27.2. The first-order chi connectivity index (χ1) is 4.74. The van der Waals surface area contributed by atoms with Gasteiger partial charge < -0.3 is 0 Å². The summed E-state index contributed by atoms with van der Waals surface area (Å²) in [7, 11) is 0. The second-order valence-electron chi connectivity index (χ2n) is 3.75. The summed E-state index contributed by atoms with van der Waals surface area (Å²) in [5.74, 6) is 0. The van der Waals surface area contributed by atoms with Crippen molar-refractivity contribution in [3.8, 4) is 0 Å². The Kier molecular flexibility index (Phi) is 5.50. The Hall–Kier alpha value is 0.532. The summed E-state index contributed by atoms with van der Waals surface area (Å²) in [6, 6.07) is 0. The molecule has 0 unspecified atom stereocenters. The fourth-order valence-corrected chi connectivity index (χ4v) is 6.27. The highest BCUT2D eigenvalue weighted by molar-refractivity contribution is 6.79. The molecule has 0 aliphatic carbocycles. The summed E-state index contributed by atoms with van der Waals surface area (Å²) < 4.78 is 0. The third kappa shape index (κ3) is 2.64. The van der Waals surface area contributed by atoms with Crippen molar-refractivity contribution in [1.82, 2.24) is 0 Å². The van der Waals surface area contributed by atoms with E-state index in [0.717, 1.165) is 0 Å². The first kappa shape index (κ1) is 10.5. The van der Waals surface area contributed by atoms with Crippen LogP contribution in [0.4, 0.5) is 0 Å². The van der Waals surface area contributed by atoms with Gasteiger partial charge >= 0.3 is 0 Å². The molecule has 0 fully saturated rings. The van der Waals surface area contributed by atoms with Crippen LogP contribution >= 0.6 is 0 Å². The summed E-state index contributed by atoms with van der Waals surface area (Å²) in [5, 5.41) is 6.14. The molecule has 0 aliphatic heterocycles. The molecule has 0 radical (unpaired) electrons. The molecule has 0 atom stereocenters. The van der Waals surface area contributed by atoms with Crippen molar-refractivity contribution in [3.63, 3.8) is 0 Å². The zero-order valence-electron chi connectivity index (χ0n) is 8.11. The minimum atomic E-state index is -0.996. The van der Waals surface area contributed by atoms with E-state index in [-0.39, 0.29) is 0 Å². The Bertz CT molecular complexity index is 66.5. The first-order valence-corrected chi connectivity index (χ1v) is 8.23. The molecular formula is C9H22Al-. The number of hydrogen-bond donors (Lipinski definition) is 0. The van der Waals surface area contributed by atoms with E-state index < -0.39 is 13.1 Å². The van der Waals surface area contributed by atoms with Crippen LogP contribution < -0.4 is 0 Å². The van der Waals surface area contributed by atoms with E-state index in [0.29, 0.717) is 0 Å². The molecule has 0 saturated heterocycles. The van der Waals surface area contributed by atoms with Gasteiger partial charge in [-0.2, -0.15) is 21.1 Å². The molecule has 62 valence electrons. The molecule has 0 heterocycles. The Morgan fingerprint density at radius 1 is 0.800 bits per heavy atom. The average molecular weight is 157 g/mol. The normalized spacial score (nSPS) is 12.0. The van der Waals surface area contributed by atoms with Gasteiger partial charge in [0.2, 0.25) is 0 Å². The van der Waals surface area contributed by atoms with Gasteiger partial charge in [0, 0.05) is 0 Å². The van der Waals surface area contributed by atoms with Crippen molar-refractivity contribution < 1.29 is 0 Å². The van der Waals surface area contributed by atoms with Crippen LogP contribution in [0.2, 0.25) is 21.1 Å². The highest BCUT2D eigenvalue weighted by Gasteiger charge is 2.21. The molecule has 0 spiro atoms. The Balaban J connectivity index is 3.87. The van der Waals surface area contributed by atoms with Crippen LogP contribution in [-0.4, -0.2) is 13.1 Å². The van der Waals surface area contributed by atoms with Crippen LogP contribution in [0.15, 0.2) is 0 Å². The fraction of sp³-hybridized carbons (Fsp3) is 1.00. The Labute approximate surface area is 68.7 Å². The Morgan fingerprint density at radius 2 is 1.20 bits per heavy atom. The zero-order valence-corrected chi connectivity index (χ0v) is 9.27. The predicted molar refractivity (Wildman–Crippen MR) is 52.3 cm³/mol. The quantitative estimate of drug-likeness (QED) is 0.531. The van der Waals surface area contributed by atoms with E-state index in [1.54, 1.807) is 5.28 Å². The minimum Gasteiger partial charge on any atom is -0.194 e. The van der Waals surface area contributed by atoms with E-state index in [1.165, 1.54) is 22.3 Å². The van der Waals surface area contributed by atoms with Gasteiger partial charge in [-0.05, 0) is 0 Å². The fourth-order valence-electron chi connectivity index (χ4n) is 2.09. The van der Waals surface area contributed by atoms with Crippen molar-refractivity contribution in [2.45, 2.75) is 55.2 Å². The molecule has 0 aromatic carbocycles. The molecule has 1 heteroatoms. The van der Waals surface area contributed by atoms with E-state index >= 15 is 0 Å². The van der Waals surface area contributed by atoms with Gasteiger partial charge in [-0.1, -0.05) is 13.3 Å². The van der Waals surface area contributed by atoms with E-state index in [9.17, 15) is 0 Å². The van der Waals surface area contributed by atoms with Crippen LogP contribution in [-0.2, 0) is 0 Å². The summed E-state index contributed by atoms with van der Waals surface area (Å²) in [5.41, 5.74) is 0. The lowest BCUT2D eigenvalue weighted by Crippen LogP contribution is -2.30. The van der Waals surface area contributed by atoms with Crippen LogP contribution in [0.1, 0.15) is 34.1 Å². The van der Waals surface area contributed by atoms with Crippen molar-refractivity contribution in [2.75, 3.05) is 0 Å². The predicted octanol–water partition coefficient (Wildman–Crippen LogP) is 3.90. The second kappa shape index (κ2) is 5.22. The molecule has 10 heavy (non-hydrogen) atoms. The second-order valence-corrected chi connectivity index (χ2v) is 10.2. The Morgan fingerprint density at radius 3 is 1.30 bits per heavy atom. The third-order valence-electron chi connectivity index (χ3n) is 3.50. The maximum Gasteiger partial charge on any atom is 0.133 e. The van der Waals surface area contributed by atoms with Gasteiger partial charge in [-0.15, -0.1) is 20.8 Å². The van der Waals surface area contributed by atoms with Crippen LogP contribution in [0, 0.1) is 0 Å². The molecule has 0 aliphatic rings. The number of hydrogen-bond acceptors (Lipinski definition) is 0. The maximum absolute atomic E-state index is 2.40. The monoisotopic (exact) mass is 157 g/mol. The van der Waals surface area contributed by atoms with Gasteiger partial charge in [0.1, 0.15) is 13.1 Å². The van der Waals surface area contributed by atoms with Crippen molar-refractivity contribution in [1.29, 1.82) is 0 Å². The summed E-state index contributed by atoms with van der Waals surface area (Å²) in [6.45, 7) is 9.52. The van der Waals surface area contributed by atoms with Crippen LogP contribution in [0.25, 0.3) is 0 Å².